The lowest BCUT2D eigenvalue weighted by Gasteiger charge is -2.02. The fraction of sp³-hybridized carbons (Fsp3) is 0.154. The zero-order chi connectivity index (χ0) is 13.7. The fourth-order valence-electron chi connectivity index (χ4n) is 1.42. The van der Waals surface area contributed by atoms with Crippen LogP contribution in [0.25, 0.3) is 0 Å². The normalized spacial score (nSPS) is 9.79. The van der Waals surface area contributed by atoms with E-state index in [2.05, 4.69) is 17.2 Å². The molecule has 3 nitrogen and oxygen atoms in total. The molecule has 0 aliphatic carbocycles. The van der Waals surface area contributed by atoms with Crippen molar-refractivity contribution in [1.29, 1.82) is 0 Å². The average molecular weight is 311 g/mol. The van der Waals surface area contributed by atoms with Gasteiger partial charge >= 0.3 is 0 Å². The topological polar surface area (TPSA) is 55.1 Å². The first-order chi connectivity index (χ1) is 9.20. The van der Waals surface area contributed by atoms with Gasteiger partial charge in [0.15, 0.2) is 0 Å². The van der Waals surface area contributed by atoms with E-state index in [-0.39, 0.29) is 12.5 Å². The van der Waals surface area contributed by atoms with Crippen molar-refractivity contribution in [3.05, 3.63) is 43.2 Å². The van der Waals surface area contributed by atoms with Gasteiger partial charge in [0.1, 0.15) is 4.88 Å². The van der Waals surface area contributed by atoms with Crippen LogP contribution < -0.4 is 11.1 Å². The second kappa shape index (κ2) is 6.73. The van der Waals surface area contributed by atoms with E-state index >= 15 is 0 Å². The summed E-state index contributed by atoms with van der Waals surface area (Å²) in [6, 6.07) is 5.54. The van der Waals surface area contributed by atoms with Crippen LogP contribution in [0.2, 0.25) is 4.34 Å². The van der Waals surface area contributed by atoms with Gasteiger partial charge in [0.25, 0.3) is 5.91 Å². The van der Waals surface area contributed by atoms with Gasteiger partial charge in [-0.1, -0.05) is 23.4 Å². The molecule has 2 heterocycles. The van der Waals surface area contributed by atoms with Crippen LogP contribution in [0.15, 0.2) is 23.6 Å². The Morgan fingerprint density at radius 1 is 1.42 bits per heavy atom. The SMILES string of the molecule is NCC#Cc1ccsc1C(=O)NCc1ccc(Cl)s1. The minimum absolute atomic E-state index is 0.124. The second-order valence-corrected chi connectivity index (χ2v) is 6.27. The number of carbonyl (C=O) groups is 1. The van der Waals surface area contributed by atoms with Crippen LogP contribution in [0.5, 0.6) is 0 Å². The molecule has 0 spiro atoms. The summed E-state index contributed by atoms with van der Waals surface area (Å²) in [5, 5.41) is 4.70. The van der Waals surface area contributed by atoms with Gasteiger partial charge < -0.3 is 11.1 Å². The van der Waals surface area contributed by atoms with Crippen molar-refractivity contribution < 1.29 is 4.79 Å². The van der Waals surface area contributed by atoms with Gasteiger partial charge in [0.2, 0.25) is 0 Å². The summed E-state index contributed by atoms with van der Waals surface area (Å²) in [4.78, 5) is 13.7. The number of nitrogens with one attached hydrogen (secondary N) is 1. The summed E-state index contributed by atoms with van der Waals surface area (Å²) >= 11 is 8.66. The van der Waals surface area contributed by atoms with Gasteiger partial charge in [0.05, 0.1) is 17.4 Å². The van der Waals surface area contributed by atoms with Crippen LogP contribution in [-0.2, 0) is 6.54 Å². The van der Waals surface area contributed by atoms with Gasteiger partial charge in [-0.25, -0.2) is 0 Å². The van der Waals surface area contributed by atoms with Gasteiger partial charge in [-0.3, -0.25) is 4.79 Å². The Bertz CT molecular complexity index is 636. The summed E-state index contributed by atoms with van der Waals surface area (Å²) in [5.74, 6) is 5.52. The maximum atomic E-state index is 12.0. The predicted octanol–water partition coefficient (Wildman–Crippen LogP) is 2.70. The van der Waals surface area contributed by atoms with Crippen LogP contribution in [0, 0.1) is 11.8 Å². The number of rotatable bonds is 3. The highest BCUT2D eigenvalue weighted by Crippen LogP contribution is 2.21. The first-order valence-corrected chi connectivity index (χ1v) is 7.57. The lowest BCUT2D eigenvalue weighted by Crippen LogP contribution is -2.22. The van der Waals surface area contributed by atoms with Crippen LogP contribution in [0.3, 0.4) is 0 Å². The molecular formula is C13H11ClN2OS2. The standard InChI is InChI=1S/C13H11ClN2OS2/c14-11-4-3-10(19-11)8-16-13(17)12-9(2-1-6-15)5-7-18-12/h3-5,7H,6,8,15H2,(H,16,17). The largest absolute Gasteiger partial charge is 0.346 e. The first kappa shape index (κ1) is 14.1. The molecule has 0 fully saturated rings. The van der Waals surface area contributed by atoms with E-state index in [4.69, 9.17) is 17.3 Å². The van der Waals surface area contributed by atoms with E-state index in [1.807, 2.05) is 23.6 Å². The predicted molar refractivity (Wildman–Crippen MR) is 80.8 cm³/mol. The molecule has 98 valence electrons. The van der Waals surface area contributed by atoms with Gasteiger partial charge in [0, 0.05) is 10.4 Å². The van der Waals surface area contributed by atoms with E-state index in [0.29, 0.717) is 11.4 Å². The third-order valence-corrected chi connectivity index (χ3v) is 4.39. The van der Waals surface area contributed by atoms with Gasteiger partial charge in [-0.05, 0) is 23.6 Å². The van der Waals surface area contributed by atoms with Crippen LogP contribution in [0.4, 0.5) is 0 Å². The molecule has 6 heteroatoms. The monoisotopic (exact) mass is 310 g/mol. The molecule has 3 N–H and O–H groups in total. The molecule has 0 atom stereocenters. The zero-order valence-electron chi connectivity index (χ0n) is 9.90. The number of thiophene rings is 2. The molecule has 0 bridgehead atoms. The smallest absolute Gasteiger partial charge is 0.262 e. The maximum Gasteiger partial charge on any atom is 0.262 e. The second-order valence-electron chi connectivity index (χ2n) is 3.56. The molecule has 2 aromatic heterocycles. The Kier molecular flexibility index (Phi) is 5.00. The average Bonchev–Trinajstić information content (AvgIpc) is 3.02. The Balaban J connectivity index is 2.02. The lowest BCUT2D eigenvalue weighted by molar-refractivity contribution is 0.0955. The zero-order valence-corrected chi connectivity index (χ0v) is 12.3. The Morgan fingerprint density at radius 3 is 2.95 bits per heavy atom. The molecule has 0 radical (unpaired) electrons. The minimum Gasteiger partial charge on any atom is -0.346 e. The number of hydrogen-bond donors (Lipinski definition) is 2. The molecular weight excluding hydrogens is 300 g/mol. The highest BCUT2D eigenvalue weighted by molar-refractivity contribution is 7.16. The van der Waals surface area contributed by atoms with Crippen LogP contribution in [-0.4, -0.2) is 12.5 Å². The summed E-state index contributed by atoms with van der Waals surface area (Å²) in [6.07, 6.45) is 0. The number of carbonyl (C=O) groups excluding carboxylic acids is 1. The third-order valence-electron chi connectivity index (χ3n) is 2.25. The quantitative estimate of drug-likeness (QED) is 0.856. The molecule has 2 aromatic rings. The molecule has 0 aromatic carbocycles. The number of halogens is 1. The molecule has 0 unspecified atom stereocenters. The lowest BCUT2D eigenvalue weighted by atomic mass is 10.2. The summed E-state index contributed by atoms with van der Waals surface area (Å²) in [6.45, 7) is 0.752. The van der Waals surface area contributed by atoms with Crippen molar-refractivity contribution in [2.24, 2.45) is 5.73 Å². The highest BCUT2D eigenvalue weighted by atomic mass is 35.5. The Labute approximate surface area is 124 Å². The van der Waals surface area contributed by atoms with Crippen molar-refractivity contribution in [3.8, 4) is 11.8 Å². The van der Waals surface area contributed by atoms with Crippen molar-refractivity contribution in [2.45, 2.75) is 6.54 Å². The van der Waals surface area contributed by atoms with Crippen molar-refractivity contribution in [2.75, 3.05) is 6.54 Å². The summed E-state index contributed by atoms with van der Waals surface area (Å²) < 4.78 is 0.717. The molecule has 1 amide bonds. The maximum absolute atomic E-state index is 12.0. The van der Waals surface area contributed by atoms with Gasteiger partial charge in [-0.15, -0.1) is 22.7 Å². The third kappa shape index (κ3) is 3.82. The Morgan fingerprint density at radius 2 is 2.26 bits per heavy atom. The number of nitrogens with two attached hydrogens (primary N) is 1. The molecule has 19 heavy (non-hydrogen) atoms. The molecule has 2 rings (SSSR count). The molecule has 0 aliphatic rings. The van der Waals surface area contributed by atoms with E-state index in [0.717, 1.165) is 14.8 Å². The fourth-order valence-corrected chi connectivity index (χ4v) is 3.22. The van der Waals surface area contributed by atoms with E-state index < -0.39 is 0 Å². The molecule has 0 saturated carbocycles. The van der Waals surface area contributed by atoms with Crippen molar-refractivity contribution >= 4 is 40.2 Å². The summed E-state index contributed by atoms with van der Waals surface area (Å²) in [5.41, 5.74) is 6.05. The number of amides is 1. The first-order valence-electron chi connectivity index (χ1n) is 5.49. The molecule has 0 aliphatic heterocycles. The highest BCUT2D eigenvalue weighted by Gasteiger charge is 2.11. The molecule has 0 saturated heterocycles. The van der Waals surface area contributed by atoms with Crippen LogP contribution >= 0.6 is 34.3 Å². The van der Waals surface area contributed by atoms with Crippen molar-refractivity contribution in [1.82, 2.24) is 5.32 Å². The van der Waals surface area contributed by atoms with Crippen molar-refractivity contribution in [3.63, 3.8) is 0 Å². The number of hydrogen-bond acceptors (Lipinski definition) is 4. The van der Waals surface area contributed by atoms with Gasteiger partial charge in [-0.2, -0.15) is 0 Å². The summed E-state index contributed by atoms with van der Waals surface area (Å²) in [7, 11) is 0. The van der Waals surface area contributed by atoms with E-state index in [1.54, 1.807) is 0 Å². The van der Waals surface area contributed by atoms with E-state index in [9.17, 15) is 4.79 Å². The Hall–Kier alpha value is -1.32. The minimum atomic E-state index is -0.124. The van der Waals surface area contributed by atoms with E-state index in [1.165, 1.54) is 22.7 Å². The van der Waals surface area contributed by atoms with Crippen LogP contribution in [0.1, 0.15) is 20.1 Å².